The molecule has 1 nitrogen and oxygen atoms in total. The lowest BCUT2D eigenvalue weighted by Gasteiger charge is -2.17. The van der Waals surface area contributed by atoms with Gasteiger partial charge in [0, 0.05) is 6.04 Å². The molecule has 1 rings (SSSR count). The molecule has 14 heavy (non-hydrogen) atoms. The van der Waals surface area contributed by atoms with Crippen LogP contribution in [-0.2, 0) is 0 Å². The first-order valence-electron chi connectivity index (χ1n) is 5.13. The van der Waals surface area contributed by atoms with E-state index in [4.69, 9.17) is 0 Å². The molecule has 0 saturated heterocycles. The van der Waals surface area contributed by atoms with Gasteiger partial charge in [-0.15, -0.1) is 6.58 Å². The minimum Gasteiger partial charge on any atom is -0.313 e. The fourth-order valence-electron chi connectivity index (χ4n) is 1.72. The molecular weight excluding hydrogens is 170 g/mol. The fraction of sp³-hybridized carbons (Fsp3) is 0.385. The molecule has 1 aromatic rings. The molecule has 0 aliphatic heterocycles. The van der Waals surface area contributed by atoms with Crippen LogP contribution in [0.25, 0.3) is 0 Å². The van der Waals surface area contributed by atoms with Crippen molar-refractivity contribution in [3.05, 3.63) is 48.0 Å². The van der Waals surface area contributed by atoms with Gasteiger partial charge in [0.1, 0.15) is 0 Å². The summed E-state index contributed by atoms with van der Waals surface area (Å²) in [5.74, 6) is 0. The molecule has 1 aromatic carbocycles. The SMILES string of the molecule is C=CCCC(NC)c1ccccc1C. The highest BCUT2D eigenvalue weighted by molar-refractivity contribution is 5.28. The molecule has 1 unspecified atom stereocenters. The van der Waals surface area contributed by atoms with E-state index in [2.05, 4.69) is 43.1 Å². The van der Waals surface area contributed by atoms with Crippen LogP contribution in [0, 0.1) is 6.92 Å². The van der Waals surface area contributed by atoms with Crippen molar-refractivity contribution in [1.82, 2.24) is 5.32 Å². The predicted octanol–water partition coefficient (Wildman–Crippen LogP) is 3.22. The normalized spacial score (nSPS) is 12.4. The predicted molar refractivity (Wildman–Crippen MR) is 62.4 cm³/mol. The first kappa shape index (κ1) is 11.0. The summed E-state index contributed by atoms with van der Waals surface area (Å²) in [6.07, 6.45) is 4.15. The molecule has 0 aliphatic rings. The van der Waals surface area contributed by atoms with Gasteiger partial charge in [-0.05, 0) is 37.9 Å². The van der Waals surface area contributed by atoms with Gasteiger partial charge in [-0.3, -0.25) is 0 Å². The lowest BCUT2D eigenvalue weighted by molar-refractivity contribution is 0.552. The Kier molecular flexibility index (Phi) is 4.41. The van der Waals surface area contributed by atoms with Crippen molar-refractivity contribution in [3.63, 3.8) is 0 Å². The molecule has 0 amide bonds. The monoisotopic (exact) mass is 189 g/mol. The summed E-state index contributed by atoms with van der Waals surface area (Å²) in [7, 11) is 2.01. The quantitative estimate of drug-likeness (QED) is 0.701. The second-order valence-electron chi connectivity index (χ2n) is 3.56. The van der Waals surface area contributed by atoms with Gasteiger partial charge >= 0.3 is 0 Å². The van der Waals surface area contributed by atoms with E-state index in [0.717, 1.165) is 12.8 Å². The average Bonchev–Trinajstić information content (AvgIpc) is 2.21. The number of aryl methyl sites for hydroxylation is 1. The van der Waals surface area contributed by atoms with Crippen molar-refractivity contribution in [1.29, 1.82) is 0 Å². The number of hydrogen-bond donors (Lipinski definition) is 1. The van der Waals surface area contributed by atoms with Crippen molar-refractivity contribution in [2.24, 2.45) is 0 Å². The lowest BCUT2D eigenvalue weighted by atomic mass is 9.98. The fourth-order valence-corrected chi connectivity index (χ4v) is 1.72. The first-order valence-corrected chi connectivity index (χ1v) is 5.13. The Bertz CT molecular complexity index is 291. The standard InChI is InChI=1S/C13H19N/c1-4-5-10-13(14-3)12-9-7-6-8-11(12)2/h4,6-9,13-14H,1,5,10H2,2-3H3. The van der Waals surface area contributed by atoms with Gasteiger partial charge in [-0.2, -0.15) is 0 Å². The van der Waals surface area contributed by atoms with Gasteiger partial charge in [0.15, 0.2) is 0 Å². The summed E-state index contributed by atoms with van der Waals surface area (Å²) in [6, 6.07) is 8.99. The number of nitrogens with one attached hydrogen (secondary N) is 1. The Balaban J connectivity index is 2.78. The summed E-state index contributed by atoms with van der Waals surface area (Å²) in [4.78, 5) is 0. The van der Waals surface area contributed by atoms with Crippen molar-refractivity contribution < 1.29 is 0 Å². The van der Waals surface area contributed by atoms with Crippen LogP contribution >= 0.6 is 0 Å². The van der Waals surface area contributed by atoms with Crippen LogP contribution in [0.1, 0.15) is 30.0 Å². The molecule has 0 spiro atoms. The minimum atomic E-state index is 0.453. The Labute approximate surface area is 86.8 Å². The average molecular weight is 189 g/mol. The van der Waals surface area contributed by atoms with Crippen molar-refractivity contribution >= 4 is 0 Å². The zero-order valence-electron chi connectivity index (χ0n) is 9.09. The van der Waals surface area contributed by atoms with Gasteiger partial charge in [-0.1, -0.05) is 30.3 Å². The summed E-state index contributed by atoms with van der Waals surface area (Å²) in [5.41, 5.74) is 2.76. The molecule has 0 heterocycles. The molecule has 0 aliphatic carbocycles. The smallest absolute Gasteiger partial charge is 0.0323 e. The van der Waals surface area contributed by atoms with Gasteiger partial charge < -0.3 is 5.32 Å². The lowest BCUT2D eigenvalue weighted by Crippen LogP contribution is -2.17. The van der Waals surface area contributed by atoms with Crippen LogP contribution in [0.2, 0.25) is 0 Å². The van der Waals surface area contributed by atoms with Crippen LogP contribution in [0.5, 0.6) is 0 Å². The second-order valence-corrected chi connectivity index (χ2v) is 3.56. The zero-order valence-corrected chi connectivity index (χ0v) is 9.09. The Morgan fingerprint density at radius 2 is 2.14 bits per heavy atom. The first-order chi connectivity index (χ1) is 6.79. The van der Waals surface area contributed by atoms with Gasteiger partial charge in [0.25, 0.3) is 0 Å². The molecule has 1 N–H and O–H groups in total. The van der Waals surface area contributed by atoms with Crippen LogP contribution in [-0.4, -0.2) is 7.05 Å². The summed E-state index contributed by atoms with van der Waals surface area (Å²) < 4.78 is 0. The maximum atomic E-state index is 3.76. The molecule has 0 fully saturated rings. The Hall–Kier alpha value is -1.08. The van der Waals surface area contributed by atoms with E-state index in [1.54, 1.807) is 0 Å². The highest BCUT2D eigenvalue weighted by atomic mass is 14.9. The van der Waals surface area contributed by atoms with Crippen LogP contribution in [0.3, 0.4) is 0 Å². The highest BCUT2D eigenvalue weighted by Gasteiger charge is 2.09. The molecule has 0 radical (unpaired) electrons. The number of rotatable bonds is 5. The molecule has 1 heteroatoms. The van der Waals surface area contributed by atoms with Crippen LogP contribution < -0.4 is 5.32 Å². The van der Waals surface area contributed by atoms with Crippen molar-refractivity contribution in [2.75, 3.05) is 7.05 Å². The third-order valence-electron chi connectivity index (χ3n) is 2.57. The van der Waals surface area contributed by atoms with Crippen molar-refractivity contribution in [2.45, 2.75) is 25.8 Å². The van der Waals surface area contributed by atoms with E-state index < -0.39 is 0 Å². The maximum absolute atomic E-state index is 3.76. The summed E-state index contributed by atoms with van der Waals surface area (Å²) >= 11 is 0. The topological polar surface area (TPSA) is 12.0 Å². The number of benzene rings is 1. The van der Waals surface area contributed by atoms with Crippen LogP contribution in [0.4, 0.5) is 0 Å². The highest BCUT2D eigenvalue weighted by Crippen LogP contribution is 2.21. The second kappa shape index (κ2) is 5.61. The number of allylic oxidation sites excluding steroid dienone is 1. The molecule has 76 valence electrons. The van der Waals surface area contributed by atoms with Gasteiger partial charge in [0.05, 0.1) is 0 Å². The Morgan fingerprint density at radius 3 is 2.71 bits per heavy atom. The van der Waals surface area contributed by atoms with E-state index >= 15 is 0 Å². The van der Waals surface area contributed by atoms with E-state index in [0.29, 0.717) is 6.04 Å². The molecular formula is C13H19N. The largest absolute Gasteiger partial charge is 0.313 e. The Morgan fingerprint density at radius 1 is 1.43 bits per heavy atom. The third-order valence-corrected chi connectivity index (χ3v) is 2.57. The van der Waals surface area contributed by atoms with E-state index in [1.165, 1.54) is 11.1 Å². The molecule has 0 bridgehead atoms. The van der Waals surface area contributed by atoms with Crippen molar-refractivity contribution in [3.8, 4) is 0 Å². The zero-order chi connectivity index (χ0) is 10.4. The molecule has 1 atom stereocenters. The molecule has 0 saturated carbocycles. The minimum absolute atomic E-state index is 0.453. The third kappa shape index (κ3) is 2.71. The van der Waals surface area contributed by atoms with E-state index in [-0.39, 0.29) is 0 Å². The molecule has 0 aromatic heterocycles. The van der Waals surface area contributed by atoms with Gasteiger partial charge in [-0.25, -0.2) is 0 Å². The summed E-state index contributed by atoms with van der Waals surface area (Å²) in [6.45, 7) is 5.92. The van der Waals surface area contributed by atoms with E-state index in [1.807, 2.05) is 13.1 Å². The van der Waals surface area contributed by atoms with E-state index in [9.17, 15) is 0 Å². The number of hydrogen-bond acceptors (Lipinski definition) is 1. The van der Waals surface area contributed by atoms with Crippen LogP contribution in [0.15, 0.2) is 36.9 Å². The summed E-state index contributed by atoms with van der Waals surface area (Å²) in [5, 5.41) is 3.35. The van der Waals surface area contributed by atoms with Gasteiger partial charge in [0.2, 0.25) is 0 Å². The maximum Gasteiger partial charge on any atom is 0.0323 e.